The van der Waals surface area contributed by atoms with Crippen LogP contribution in [0.25, 0.3) is 22.3 Å². The van der Waals surface area contributed by atoms with Crippen molar-refractivity contribution < 1.29 is 9.53 Å². The van der Waals surface area contributed by atoms with Crippen LogP contribution in [0.3, 0.4) is 0 Å². The minimum atomic E-state index is 0.106. The Morgan fingerprint density at radius 2 is 2.00 bits per heavy atom. The normalized spacial score (nSPS) is 19.9. The molecule has 4 rings (SSSR count). The summed E-state index contributed by atoms with van der Waals surface area (Å²) in [7, 11) is 1.63. The van der Waals surface area contributed by atoms with E-state index in [-0.39, 0.29) is 18.0 Å². The van der Waals surface area contributed by atoms with Gasteiger partial charge in [0.2, 0.25) is 11.9 Å². The Labute approximate surface area is 163 Å². The standard InChI is InChI=1S/C20H24N6O2/c1-12-10-25(11-13(2)26(12)14(3)27)20-21-6-5-18(24-20)17-9-23-19-16(17)7-15(28-4)8-22-19/h5-9,12-13H,10-11H2,1-4H3,(H,22,23)/t12-,13+. The third kappa shape index (κ3) is 3.15. The second-order valence-corrected chi connectivity index (χ2v) is 7.24. The predicted molar refractivity (Wildman–Crippen MR) is 107 cm³/mol. The van der Waals surface area contributed by atoms with Crippen molar-refractivity contribution in [3.8, 4) is 17.0 Å². The predicted octanol–water partition coefficient (Wildman–Crippen LogP) is 2.47. The van der Waals surface area contributed by atoms with Crippen molar-refractivity contribution >= 4 is 22.9 Å². The van der Waals surface area contributed by atoms with Crippen LogP contribution in [0.15, 0.2) is 30.7 Å². The molecule has 0 bridgehead atoms. The monoisotopic (exact) mass is 380 g/mol. The van der Waals surface area contributed by atoms with Gasteiger partial charge in [-0.25, -0.2) is 15.0 Å². The van der Waals surface area contributed by atoms with Crippen molar-refractivity contribution in [3.05, 3.63) is 30.7 Å². The molecule has 1 fully saturated rings. The maximum atomic E-state index is 11.9. The van der Waals surface area contributed by atoms with E-state index in [1.807, 2.05) is 23.2 Å². The third-order valence-corrected chi connectivity index (χ3v) is 5.23. The Morgan fingerprint density at radius 1 is 1.25 bits per heavy atom. The van der Waals surface area contributed by atoms with E-state index in [0.29, 0.717) is 24.8 Å². The topological polar surface area (TPSA) is 87.2 Å². The number of amides is 1. The average molecular weight is 380 g/mol. The molecular weight excluding hydrogens is 356 g/mol. The molecule has 3 aromatic rings. The second-order valence-electron chi connectivity index (χ2n) is 7.24. The molecule has 4 heterocycles. The van der Waals surface area contributed by atoms with Gasteiger partial charge in [-0.05, 0) is 26.0 Å². The zero-order chi connectivity index (χ0) is 19.8. The molecule has 1 amide bonds. The molecule has 0 aromatic carbocycles. The molecule has 2 atom stereocenters. The van der Waals surface area contributed by atoms with Gasteiger partial charge in [0.05, 0.1) is 19.0 Å². The van der Waals surface area contributed by atoms with Crippen molar-refractivity contribution in [2.24, 2.45) is 0 Å². The summed E-state index contributed by atoms with van der Waals surface area (Å²) in [6, 6.07) is 4.06. The van der Waals surface area contributed by atoms with E-state index in [0.717, 1.165) is 22.3 Å². The number of piperazine rings is 1. The van der Waals surface area contributed by atoms with Crippen LogP contribution in [0.2, 0.25) is 0 Å². The van der Waals surface area contributed by atoms with Crippen molar-refractivity contribution in [1.82, 2.24) is 24.8 Å². The Hall–Kier alpha value is -3.16. The molecule has 3 aromatic heterocycles. The number of hydrogen-bond acceptors (Lipinski definition) is 6. The van der Waals surface area contributed by atoms with Gasteiger partial charge in [0, 0.05) is 55.4 Å². The first-order chi connectivity index (χ1) is 13.5. The van der Waals surface area contributed by atoms with Gasteiger partial charge in [-0.1, -0.05) is 0 Å². The lowest BCUT2D eigenvalue weighted by Crippen LogP contribution is -2.58. The van der Waals surface area contributed by atoms with E-state index < -0.39 is 0 Å². The molecule has 1 saturated heterocycles. The van der Waals surface area contributed by atoms with Crippen molar-refractivity contribution in [2.45, 2.75) is 32.9 Å². The van der Waals surface area contributed by atoms with Crippen LogP contribution in [0.4, 0.5) is 5.95 Å². The van der Waals surface area contributed by atoms with E-state index >= 15 is 0 Å². The molecule has 8 heteroatoms. The highest BCUT2D eigenvalue weighted by molar-refractivity contribution is 5.93. The van der Waals surface area contributed by atoms with E-state index in [4.69, 9.17) is 9.72 Å². The molecule has 8 nitrogen and oxygen atoms in total. The first-order valence-electron chi connectivity index (χ1n) is 9.36. The molecule has 1 aliphatic heterocycles. The van der Waals surface area contributed by atoms with Gasteiger partial charge in [0.1, 0.15) is 11.4 Å². The van der Waals surface area contributed by atoms with Crippen LogP contribution in [0.5, 0.6) is 5.75 Å². The van der Waals surface area contributed by atoms with Gasteiger partial charge in [-0.3, -0.25) is 4.79 Å². The van der Waals surface area contributed by atoms with Crippen LogP contribution < -0.4 is 9.64 Å². The number of H-pyrrole nitrogens is 1. The van der Waals surface area contributed by atoms with Crippen LogP contribution in [-0.4, -0.2) is 63.0 Å². The Kier molecular flexibility index (Phi) is 4.62. The summed E-state index contributed by atoms with van der Waals surface area (Å²) in [5.41, 5.74) is 2.56. The van der Waals surface area contributed by atoms with E-state index in [1.54, 1.807) is 26.4 Å². The minimum Gasteiger partial charge on any atom is -0.495 e. The van der Waals surface area contributed by atoms with Gasteiger partial charge in [0.25, 0.3) is 0 Å². The number of nitrogens with zero attached hydrogens (tertiary/aromatic N) is 5. The largest absolute Gasteiger partial charge is 0.495 e. The number of anilines is 1. The fraction of sp³-hybridized carbons (Fsp3) is 0.400. The molecule has 28 heavy (non-hydrogen) atoms. The number of aromatic amines is 1. The summed E-state index contributed by atoms with van der Waals surface area (Å²) >= 11 is 0. The lowest BCUT2D eigenvalue weighted by Gasteiger charge is -2.44. The quantitative estimate of drug-likeness (QED) is 0.751. The maximum Gasteiger partial charge on any atom is 0.225 e. The smallest absolute Gasteiger partial charge is 0.225 e. The average Bonchev–Trinajstić information content (AvgIpc) is 3.10. The van der Waals surface area contributed by atoms with Gasteiger partial charge in [0.15, 0.2) is 0 Å². The van der Waals surface area contributed by atoms with Crippen LogP contribution >= 0.6 is 0 Å². The number of carbonyl (C=O) groups excluding carboxylic acids is 1. The van der Waals surface area contributed by atoms with E-state index in [2.05, 4.69) is 33.7 Å². The number of nitrogens with one attached hydrogen (secondary N) is 1. The Bertz CT molecular complexity index is 1000. The number of methoxy groups -OCH3 is 1. The zero-order valence-electron chi connectivity index (χ0n) is 16.5. The lowest BCUT2D eigenvalue weighted by molar-refractivity contribution is -0.133. The summed E-state index contributed by atoms with van der Waals surface area (Å²) in [4.78, 5) is 32.8. The highest BCUT2D eigenvalue weighted by atomic mass is 16.5. The molecule has 0 aliphatic carbocycles. The number of rotatable bonds is 3. The second kappa shape index (κ2) is 7.10. The molecular formula is C20H24N6O2. The highest BCUT2D eigenvalue weighted by Gasteiger charge is 2.32. The van der Waals surface area contributed by atoms with Crippen LogP contribution in [-0.2, 0) is 4.79 Å². The van der Waals surface area contributed by atoms with Crippen molar-refractivity contribution in [2.75, 3.05) is 25.1 Å². The van der Waals surface area contributed by atoms with Crippen molar-refractivity contribution in [3.63, 3.8) is 0 Å². The van der Waals surface area contributed by atoms with Gasteiger partial charge in [-0.2, -0.15) is 0 Å². The SMILES string of the molecule is COc1cnc2[nH]cc(-c3ccnc(N4C[C@@H](C)N(C(C)=O)[C@@H](C)C4)n3)c2c1. The first kappa shape index (κ1) is 18.2. The molecule has 146 valence electrons. The van der Waals surface area contributed by atoms with Gasteiger partial charge < -0.3 is 19.5 Å². The number of fused-ring (bicyclic) bond motifs is 1. The first-order valence-corrected chi connectivity index (χ1v) is 9.36. The number of carbonyl (C=O) groups is 1. The molecule has 0 saturated carbocycles. The minimum absolute atomic E-state index is 0.106. The van der Waals surface area contributed by atoms with Crippen molar-refractivity contribution in [1.29, 1.82) is 0 Å². The summed E-state index contributed by atoms with van der Waals surface area (Å²) in [5, 5.41) is 0.951. The number of hydrogen-bond donors (Lipinski definition) is 1. The summed E-state index contributed by atoms with van der Waals surface area (Å²) in [6.45, 7) is 7.16. The number of ether oxygens (including phenoxy) is 1. The maximum absolute atomic E-state index is 11.9. The van der Waals surface area contributed by atoms with E-state index in [9.17, 15) is 4.79 Å². The molecule has 0 spiro atoms. The molecule has 1 N–H and O–H groups in total. The van der Waals surface area contributed by atoms with Gasteiger partial charge in [-0.15, -0.1) is 0 Å². The summed E-state index contributed by atoms with van der Waals surface area (Å²) in [5.74, 6) is 1.48. The van der Waals surface area contributed by atoms with Gasteiger partial charge >= 0.3 is 0 Å². The fourth-order valence-electron chi connectivity index (χ4n) is 4.07. The van der Waals surface area contributed by atoms with Crippen LogP contribution in [0, 0.1) is 0 Å². The Morgan fingerprint density at radius 3 is 2.68 bits per heavy atom. The highest BCUT2D eigenvalue weighted by Crippen LogP contribution is 2.30. The summed E-state index contributed by atoms with van der Waals surface area (Å²) < 4.78 is 5.30. The Balaban J connectivity index is 1.67. The fourth-order valence-corrected chi connectivity index (χ4v) is 4.07. The molecule has 0 radical (unpaired) electrons. The van der Waals surface area contributed by atoms with Crippen LogP contribution in [0.1, 0.15) is 20.8 Å². The zero-order valence-corrected chi connectivity index (χ0v) is 16.5. The number of aromatic nitrogens is 4. The van der Waals surface area contributed by atoms with E-state index in [1.165, 1.54) is 0 Å². The summed E-state index contributed by atoms with van der Waals surface area (Å²) in [6.07, 6.45) is 5.37. The number of pyridine rings is 1. The molecule has 0 unspecified atom stereocenters. The lowest BCUT2D eigenvalue weighted by atomic mass is 10.1. The third-order valence-electron chi connectivity index (χ3n) is 5.23. The molecule has 1 aliphatic rings.